The van der Waals surface area contributed by atoms with Gasteiger partial charge in [-0.25, -0.2) is 0 Å². The fourth-order valence-electron chi connectivity index (χ4n) is 1.99. The molecule has 0 aromatic carbocycles. The number of amides is 1. The van der Waals surface area contributed by atoms with Crippen LogP contribution in [0.25, 0.3) is 0 Å². The van der Waals surface area contributed by atoms with Crippen molar-refractivity contribution in [2.24, 2.45) is 0 Å². The summed E-state index contributed by atoms with van der Waals surface area (Å²) in [5, 5.41) is 30.1. The summed E-state index contributed by atoms with van der Waals surface area (Å²) in [6, 6.07) is 0. The van der Waals surface area contributed by atoms with Crippen molar-refractivity contribution in [1.82, 2.24) is 15.1 Å². The molecule has 0 saturated carbocycles. The number of nitrogens with zero attached hydrogens (tertiary/aromatic N) is 2. The van der Waals surface area contributed by atoms with Crippen molar-refractivity contribution in [3.05, 3.63) is 0 Å². The van der Waals surface area contributed by atoms with Crippen molar-refractivity contribution < 1.29 is 20.1 Å². The van der Waals surface area contributed by atoms with Crippen molar-refractivity contribution in [2.75, 3.05) is 59.5 Å². The van der Waals surface area contributed by atoms with Crippen molar-refractivity contribution in [3.63, 3.8) is 0 Å². The lowest BCUT2D eigenvalue weighted by Crippen LogP contribution is -2.40. The van der Waals surface area contributed by atoms with E-state index < -0.39 is 0 Å². The molecule has 0 radical (unpaired) electrons. The minimum Gasteiger partial charge on any atom is -0.395 e. The molecule has 21 heavy (non-hydrogen) atoms. The third-order valence-corrected chi connectivity index (χ3v) is 3.36. The monoisotopic (exact) mass is 305 g/mol. The first-order valence-corrected chi connectivity index (χ1v) is 7.58. The SMILES string of the molecule is CNC(=O)CCN(CCO)CCN(CCO)CCC(C)O. The molecule has 7 heteroatoms. The van der Waals surface area contributed by atoms with Crippen molar-refractivity contribution >= 4 is 5.91 Å². The van der Waals surface area contributed by atoms with Crippen LogP contribution in [-0.2, 0) is 4.79 Å². The second kappa shape index (κ2) is 13.0. The van der Waals surface area contributed by atoms with Gasteiger partial charge in [0, 0.05) is 52.7 Å². The van der Waals surface area contributed by atoms with Gasteiger partial charge in [-0.3, -0.25) is 14.6 Å². The third kappa shape index (κ3) is 11.6. The number of nitrogens with one attached hydrogen (secondary N) is 1. The highest BCUT2D eigenvalue weighted by molar-refractivity contribution is 5.75. The lowest BCUT2D eigenvalue weighted by atomic mass is 10.2. The lowest BCUT2D eigenvalue weighted by Gasteiger charge is -2.27. The van der Waals surface area contributed by atoms with E-state index in [0.29, 0.717) is 32.5 Å². The second-order valence-corrected chi connectivity index (χ2v) is 5.19. The zero-order chi connectivity index (χ0) is 16.1. The molecule has 0 spiro atoms. The molecule has 0 aromatic heterocycles. The molecule has 4 N–H and O–H groups in total. The Balaban J connectivity index is 4.16. The van der Waals surface area contributed by atoms with Gasteiger partial charge in [0.1, 0.15) is 0 Å². The average Bonchev–Trinajstić information content (AvgIpc) is 2.46. The number of carbonyl (C=O) groups excluding carboxylic acids is 1. The summed E-state index contributed by atoms with van der Waals surface area (Å²) in [6.07, 6.45) is 0.718. The van der Waals surface area contributed by atoms with Crippen LogP contribution in [0.15, 0.2) is 0 Å². The number of aliphatic hydroxyl groups is 3. The first-order valence-electron chi connectivity index (χ1n) is 7.58. The van der Waals surface area contributed by atoms with Gasteiger partial charge in [-0.05, 0) is 13.3 Å². The van der Waals surface area contributed by atoms with E-state index in [2.05, 4.69) is 10.2 Å². The zero-order valence-corrected chi connectivity index (χ0v) is 13.3. The van der Waals surface area contributed by atoms with Crippen LogP contribution in [0.2, 0.25) is 0 Å². The van der Waals surface area contributed by atoms with E-state index in [1.807, 2.05) is 4.90 Å². The summed E-state index contributed by atoms with van der Waals surface area (Å²) in [6.45, 7) is 5.76. The molecule has 1 atom stereocenters. The first-order chi connectivity index (χ1) is 10.0. The molecular formula is C14H31N3O4. The summed E-state index contributed by atoms with van der Waals surface area (Å²) in [7, 11) is 1.61. The maximum atomic E-state index is 11.3. The Morgan fingerprint density at radius 2 is 1.52 bits per heavy atom. The molecule has 1 unspecified atom stereocenters. The summed E-state index contributed by atoms with van der Waals surface area (Å²) in [4.78, 5) is 15.4. The van der Waals surface area contributed by atoms with E-state index in [4.69, 9.17) is 10.2 Å². The van der Waals surface area contributed by atoms with Crippen LogP contribution in [0.1, 0.15) is 19.8 Å². The van der Waals surface area contributed by atoms with E-state index in [1.54, 1.807) is 14.0 Å². The van der Waals surface area contributed by atoms with Crippen molar-refractivity contribution in [3.8, 4) is 0 Å². The minimum atomic E-state index is -0.354. The molecular weight excluding hydrogens is 274 g/mol. The average molecular weight is 305 g/mol. The molecule has 0 fully saturated rings. The van der Waals surface area contributed by atoms with Crippen LogP contribution >= 0.6 is 0 Å². The van der Waals surface area contributed by atoms with Crippen LogP contribution in [0.3, 0.4) is 0 Å². The molecule has 126 valence electrons. The fraction of sp³-hybridized carbons (Fsp3) is 0.929. The highest BCUT2D eigenvalue weighted by Crippen LogP contribution is 1.98. The fourth-order valence-corrected chi connectivity index (χ4v) is 1.99. The minimum absolute atomic E-state index is 0.0146. The molecule has 0 aliphatic carbocycles. The molecule has 0 aromatic rings. The van der Waals surface area contributed by atoms with Gasteiger partial charge in [0.15, 0.2) is 0 Å². The Kier molecular flexibility index (Phi) is 12.5. The van der Waals surface area contributed by atoms with Crippen molar-refractivity contribution in [2.45, 2.75) is 25.9 Å². The Labute approximate surface area is 127 Å². The van der Waals surface area contributed by atoms with Gasteiger partial charge in [0.2, 0.25) is 5.91 Å². The van der Waals surface area contributed by atoms with Gasteiger partial charge >= 0.3 is 0 Å². The maximum Gasteiger partial charge on any atom is 0.221 e. The van der Waals surface area contributed by atoms with Gasteiger partial charge in [-0.1, -0.05) is 0 Å². The van der Waals surface area contributed by atoms with Crippen LogP contribution in [0, 0.1) is 0 Å². The molecule has 0 aliphatic rings. The van der Waals surface area contributed by atoms with E-state index >= 15 is 0 Å². The standard InChI is InChI=1S/C14H31N3O4/c1-13(20)3-5-16(9-11-18)7-8-17(10-12-19)6-4-14(21)15-2/h13,18-20H,3-12H2,1-2H3,(H,15,21). The number of carbonyl (C=O) groups is 1. The third-order valence-electron chi connectivity index (χ3n) is 3.36. The Bertz CT molecular complexity index is 265. The molecule has 0 saturated heterocycles. The molecule has 0 rings (SSSR count). The predicted molar refractivity (Wildman–Crippen MR) is 82.0 cm³/mol. The first kappa shape index (κ1) is 20.3. The van der Waals surface area contributed by atoms with Gasteiger partial charge in [0.05, 0.1) is 19.3 Å². The number of hydrogen-bond acceptors (Lipinski definition) is 6. The van der Waals surface area contributed by atoms with E-state index in [-0.39, 0.29) is 25.2 Å². The Hall–Kier alpha value is -0.730. The quantitative estimate of drug-likeness (QED) is 0.330. The molecule has 0 bridgehead atoms. The topological polar surface area (TPSA) is 96.3 Å². The summed E-state index contributed by atoms with van der Waals surface area (Å²) in [5.41, 5.74) is 0. The number of aliphatic hydroxyl groups excluding tert-OH is 3. The molecule has 1 amide bonds. The molecule has 0 aliphatic heterocycles. The van der Waals surface area contributed by atoms with Crippen LogP contribution < -0.4 is 5.32 Å². The van der Waals surface area contributed by atoms with Crippen LogP contribution in [-0.4, -0.2) is 96.7 Å². The van der Waals surface area contributed by atoms with E-state index in [1.165, 1.54) is 0 Å². The maximum absolute atomic E-state index is 11.3. The number of hydrogen-bond donors (Lipinski definition) is 4. The summed E-state index contributed by atoms with van der Waals surface area (Å²) in [5.74, 6) is -0.0146. The van der Waals surface area contributed by atoms with E-state index in [9.17, 15) is 9.90 Å². The smallest absolute Gasteiger partial charge is 0.221 e. The van der Waals surface area contributed by atoms with Crippen molar-refractivity contribution in [1.29, 1.82) is 0 Å². The van der Waals surface area contributed by atoms with Crippen LogP contribution in [0.5, 0.6) is 0 Å². The zero-order valence-electron chi connectivity index (χ0n) is 13.3. The normalized spacial score (nSPS) is 12.9. The van der Waals surface area contributed by atoms with Gasteiger partial charge < -0.3 is 20.6 Å². The second-order valence-electron chi connectivity index (χ2n) is 5.19. The highest BCUT2D eigenvalue weighted by Gasteiger charge is 2.11. The number of rotatable bonds is 13. The summed E-state index contributed by atoms with van der Waals surface area (Å²) >= 11 is 0. The predicted octanol–water partition coefficient (Wildman–Crippen LogP) is -1.52. The molecule has 7 nitrogen and oxygen atoms in total. The van der Waals surface area contributed by atoms with Gasteiger partial charge in [-0.15, -0.1) is 0 Å². The summed E-state index contributed by atoms with van der Waals surface area (Å²) < 4.78 is 0. The Morgan fingerprint density at radius 3 is 1.95 bits per heavy atom. The van der Waals surface area contributed by atoms with E-state index in [0.717, 1.165) is 19.6 Å². The largest absolute Gasteiger partial charge is 0.395 e. The van der Waals surface area contributed by atoms with Crippen LogP contribution in [0.4, 0.5) is 0 Å². The van der Waals surface area contributed by atoms with Gasteiger partial charge in [-0.2, -0.15) is 0 Å². The van der Waals surface area contributed by atoms with Gasteiger partial charge in [0.25, 0.3) is 0 Å². The Morgan fingerprint density at radius 1 is 1.00 bits per heavy atom. The lowest BCUT2D eigenvalue weighted by molar-refractivity contribution is -0.121. The highest BCUT2D eigenvalue weighted by atomic mass is 16.3. The molecule has 0 heterocycles.